The largest absolute Gasteiger partial charge is 0.357 e. The lowest BCUT2D eigenvalue weighted by atomic mass is 9.99. The fraction of sp³-hybridized carbons (Fsp3) is 0.636. The summed E-state index contributed by atoms with van der Waals surface area (Å²) < 4.78 is 0.281. The molecular weight excluding hydrogens is 495 g/mol. The number of hydrogen-bond donors (Lipinski definition) is 2. The minimum Gasteiger partial charge on any atom is -0.357 e. The summed E-state index contributed by atoms with van der Waals surface area (Å²) >= 11 is 2.04. The van der Waals surface area contributed by atoms with Gasteiger partial charge in [0.05, 0.1) is 6.54 Å². The molecule has 5 nitrogen and oxygen atoms in total. The van der Waals surface area contributed by atoms with Gasteiger partial charge in [0, 0.05) is 37.3 Å². The summed E-state index contributed by atoms with van der Waals surface area (Å²) in [5.41, 5.74) is 2.67. The molecule has 0 radical (unpaired) electrons. The van der Waals surface area contributed by atoms with Crippen LogP contribution in [-0.2, 0) is 17.8 Å². The predicted molar refractivity (Wildman–Crippen MR) is 134 cm³/mol. The van der Waals surface area contributed by atoms with Gasteiger partial charge in [0.1, 0.15) is 0 Å². The predicted octanol–water partition coefficient (Wildman–Crippen LogP) is 3.81. The van der Waals surface area contributed by atoms with E-state index in [2.05, 4.69) is 48.7 Å². The first-order valence-electron chi connectivity index (χ1n) is 10.6. The zero-order valence-corrected chi connectivity index (χ0v) is 20.9. The summed E-state index contributed by atoms with van der Waals surface area (Å²) in [6.07, 6.45) is 4.92. The Balaban J connectivity index is 0.00000300. The Labute approximate surface area is 196 Å². The summed E-state index contributed by atoms with van der Waals surface area (Å²) in [5, 5.41) is 6.72. The third kappa shape index (κ3) is 7.35. The molecule has 1 aromatic rings. The number of aliphatic imine (C=N–C) groups is 1. The van der Waals surface area contributed by atoms with Crippen molar-refractivity contribution >= 4 is 47.6 Å². The molecule has 1 atom stereocenters. The number of guanidine groups is 1. The zero-order valence-electron chi connectivity index (χ0n) is 17.7. The van der Waals surface area contributed by atoms with E-state index in [1.807, 2.05) is 16.7 Å². The molecule has 2 aliphatic heterocycles. The van der Waals surface area contributed by atoms with E-state index in [0.717, 1.165) is 51.5 Å². The van der Waals surface area contributed by atoms with Crippen molar-refractivity contribution in [3.05, 3.63) is 35.4 Å². The first kappa shape index (κ1) is 24.3. The Hall–Kier alpha value is -0.960. The average Bonchev–Trinajstić information content (AvgIpc) is 3.15. The molecule has 1 fully saturated rings. The van der Waals surface area contributed by atoms with Gasteiger partial charge in [-0.1, -0.05) is 24.3 Å². The van der Waals surface area contributed by atoms with Crippen LogP contribution < -0.4 is 10.6 Å². The Bertz CT molecular complexity index is 691. The number of thioether (sulfide) groups is 1. The van der Waals surface area contributed by atoms with E-state index < -0.39 is 0 Å². The highest BCUT2D eigenvalue weighted by Gasteiger charge is 2.29. The van der Waals surface area contributed by atoms with Crippen molar-refractivity contribution in [3.8, 4) is 0 Å². The molecule has 1 unspecified atom stereocenters. The molecule has 2 heterocycles. The first-order valence-corrected chi connectivity index (χ1v) is 11.6. The summed E-state index contributed by atoms with van der Waals surface area (Å²) in [4.78, 5) is 19.3. The molecule has 162 valence electrons. The van der Waals surface area contributed by atoms with Crippen molar-refractivity contribution in [2.75, 3.05) is 31.9 Å². The minimum atomic E-state index is 0. The van der Waals surface area contributed by atoms with Crippen molar-refractivity contribution in [3.63, 3.8) is 0 Å². The van der Waals surface area contributed by atoms with E-state index in [4.69, 9.17) is 4.99 Å². The third-order valence-corrected chi connectivity index (χ3v) is 7.08. The van der Waals surface area contributed by atoms with Gasteiger partial charge in [0.25, 0.3) is 0 Å². The van der Waals surface area contributed by atoms with Gasteiger partial charge in [-0.25, -0.2) is 0 Å². The number of fused-ring (bicyclic) bond motifs is 1. The smallest absolute Gasteiger partial charge is 0.222 e. The Morgan fingerprint density at radius 2 is 2.07 bits per heavy atom. The molecule has 0 bridgehead atoms. The maximum atomic E-state index is 12.6. The Morgan fingerprint density at radius 3 is 2.79 bits per heavy atom. The Kier molecular flexibility index (Phi) is 10.1. The lowest BCUT2D eigenvalue weighted by Gasteiger charge is -2.29. The van der Waals surface area contributed by atoms with Crippen LogP contribution in [0.2, 0.25) is 0 Å². The number of nitrogens with one attached hydrogen (secondary N) is 2. The molecule has 0 aromatic heterocycles. The van der Waals surface area contributed by atoms with Crippen LogP contribution in [0.4, 0.5) is 0 Å². The molecule has 2 N–H and O–H groups in total. The van der Waals surface area contributed by atoms with E-state index in [-0.39, 0.29) is 34.6 Å². The number of rotatable bonds is 7. The number of nitrogens with zero attached hydrogens (tertiary/aromatic N) is 2. The highest BCUT2D eigenvalue weighted by atomic mass is 127. The van der Waals surface area contributed by atoms with Crippen LogP contribution in [0.1, 0.15) is 50.7 Å². The maximum Gasteiger partial charge on any atom is 0.222 e. The summed E-state index contributed by atoms with van der Waals surface area (Å²) in [5.74, 6) is 2.38. The molecule has 0 aliphatic carbocycles. The topological polar surface area (TPSA) is 56.7 Å². The van der Waals surface area contributed by atoms with Gasteiger partial charge in [-0.3, -0.25) is 9.79 Å². The Morgan fingerprint density at radius 1 is 1.28 bits per heavy atom. The molecular formula is C22H35IN4OS. The fourth-order valence-corrected chi connectivity index (χ4v) is 5.09. The highest BCUT2D eigenvalue weighted by Crippen LogP contribution is 2.37. The number of carbonyl (C=O) groups excluding carboxylic acids is 1. The molecule has 1 saturated heterocycles. The van der Waals surface area contributed by atoms with Gasteiger partial charge in [-0.15, -0.1) is 24.0 Å². The minimum absolute atomic E-state index is 0. The second-order valence-electron chi connectivity index (χ2n) is 7.96. The summed E-state index contributed by atoms with van der Waals surface area (Å²) in [6, 6.07) is 8.45. The van der Waals surface area contributed by atoms with Crippen LogP contribution in [0, 0.1) is 0 Å². The summed E-state index contributed by atoms with van der Waals surface area (Å²) in [6.45, 7) is 8.45. The van der Waals surface area contributed by atoms with Crippen molar-refractivity contribution in [2.45, 2.75) is 57.2 Å². The van der Waals surface area contributed by atoms with Crippen LogP contribution in [0.3, 0.4) is 0 Å². The van der Waals surface area contributed by atoms with Crippen LogP contribution in [0.5, 0.6) is 0 Å². The fourth-order valence-electron chi connectivity index (χ4n) is 3.86. The van der Waals surface area contributed by atoms with Crippen LogP contribution in [0.15, 0.2) is 29.3 Å². The third-order valence-electron chi connectivity index (χ3n) is 5.56. The van der Waals surface area contributed by atoms with Crippen LogP contribution in [-0.4, -0.2) is 53.4 Å². The lowest BCUT2D eigenvalue weighted by Crippen LogP contribution is -2.40. The van der Waals surface area contributed by atoms with Gasteiger partial charge in [0.15, 0.2) is 5.96 Å². The molecule has 1 amide bonds. The van der Waals surface area contributed by atoms with Crippen LogP contribution in [0.25, 0.3) is 0 Å². The molecule has 7 heteroatoms. The van der Waals surface area contributed by atoms with Crippen LogP contribution >= 0.6 is 35.7 Å². The molecule has 29 heavy (non-hydrogen) atoms. The maximum absolute atomic E-state index is 12.6. The molecule has 2 aliphatic rings. The van der Waals surface area contributed by atoms with Gasteiger partial charge in [-0.2, -0.15) is 11.8 Å². The zero-order chi connectivity index (χ0) is 19.8. The molecule has 0 spiro atoms. The van der Waals surface area contributed by atoms with E-state index in [1.165, 1.54) is 29.7 Å². The van der Waals surface area contributed by atoms with Gasteiger partial charge >= 0.3 is 0 Å². The molecule has 3 rings (SSSR count). The highest BCUT2D eigenvalue weighted by molar-refractivity contribution is 14.0. The van der Waals surface area contributed by atoms with E-state index >= 15 is 0 Å². The summed E-state index contributed by atoms with van der Waals surface area (Å²) in [7, 11) is 0. The van der Waals surface area contributed by atoms with Crippen molar-refractivity contribution in [1.29, 1.82) is 0 Å². The molecule has 0 saturated carbocycles. The van der Waals surface area contributed by atoms with Gasteiger partial charge in [-0.05, 0) is 56.4 Å². The van der Waals surface area contributed by atoms with Crippen molar-refractivity contribution < 1.29 is 4.79 Å². The number of carbonyl (C=O) groups is 1. The first-order chi connectivity index (χ1) is 13.6. The normalized spacial score (nSPS) is 21.3. The number of hydrogen-bond acceptors (Lipinski definition) is 3. The lowest BCUT2D eigenvalue weighted by molar-refractivity contribution is -0.132. The second-order valence-corrected chi connectivity index (χ2v) is 9.64. The number of halogens is 1. The van der Waals surface area contributed by atoms with Crippen molar-refractivity contribution in [2.24, 2.45) is 4.99 Å². The second kappa shape index (κ2) is 12.0. The van der Waals surface area contributed by atoms with E-state index in [0.29, 0.717) is 6.42 Å². The van der Waals surface area contributed by atoms with Gasteiger partial charge in [0.2, 0.25) is 5.91 Å². The number of benzene rings is 1. The molecule has 1 aromatic carbocycles. The van der Waals surface area contributed by atoms with E-state index in [9.17, 15) is 4.79 Å². The average molecular weight is 531 g/mol. The monoisotopic (exact) mass is 530 g/mol. The standard InChI is InChI=1S/C22H34N4OS.HI/c1-3-23-21(25-17-22(2)12-7-15-28-22)24-13-6-10-20(27)26-14-11-18-8-4-5-9-19(18)16-26;/h4-5,8-9H,3,6-7,10-17H2,1-2H3,(H2,23,24,25);1H. The SMILES string of the molecule is CCNC(=NCC1(C)CCCS1)NCCCC(=O)N1CCc2ccccc2C1.I. The van der Waals surface area contributed by atoms with Gasteiger partial charge < -0.3 is 15.5 Å². The van der Waals surface area contributed by atoms with Crippen molar-refractivity contribution in [1.82, 2.24) is 15.5 Å². The van der Waals surface area contributed by atoms with E-state index in [1.54, 1.807) is 0 Å². The quantitative estimate of drug-likeness (QED) is 0.244. The number of amides is 1.